The van der Waals surface area contributed by atoms with E-state index in [2.05, 4.69) is 0 Å². The molecule has 0 bridgehead atoms. The Morgan fingerprint density at radius 3 is 1.67 bits per heavy atom. The van der Waals surface area contributed by atoms with Crippen molar-refractivity contribution in [3.8, 4) is 0 Å². The van der Waals surface area contributed by atoms with Crippen LogP contribution in [0.5, 0.6) is 0 Å². The van der Waals surface area contributed by atoms with E-state index in [1.165, 1.54) is 0 Å². The van der Waals surface area contributed by atoms with Crippen molar-refractivity contribution in [3.63, 3.8) is 0 Å². The highest BCUT2D eigenvalue weighted by Gasteiger charge is 2.23. The number of aliphatic hydroxyl groups is 1. The van der Waals surface area contributed by atoms with Gasteiger partial charge in [-0.1, -0.05) is 6.92 Å². The third-order valence-corrected chi connectivity index (χ3v) is 1.90. The Balaban J connectivity index is 3.88. The van der Waals surface area contributed by atoms with Crippen LogP contribution < -0.4 is 5.73 Å². The fourth-order valence-corrected chi connectivity index (χ4v) is 0.622. The largest absolute Gasteiger partial charge is 0.393 e. The zero-order chi connectivity index (χ0) is 7.65. The van der Waals surface area contributed by atoms with Crippen LogP contribution in [0.4, 0.5) is 0 Å². The van der Waals surface area contributed by atoms with Crippen molar-refractivity contribution in [2.45, 2.75) is 39.3 Å². The van der Waals surface area contributed by atoms with Crippen LogP contribution in [0.15, 0.2) is 0 Å². The number of aliphatic hydroxyl groups excluding tert-OH is 1. The molecule has 2 unspecified atom stereocenters. The summed E-state index contributed by atoms with van der Waals surface area (Å²) >= 11 is 0. The SMILES string of the molecule is CC(O)C(C)C(C)(C)N. The average Bonchev–Trinajstić information content (AvgIpc) is 1.62. The number of rotatable bonds is 2. The van der Waals surface area contributed by atoms with Crippen LogP contribution in [0.2, 0.25) is 0 Å². The van der Waals surface area contributed by atoms with Crippen molar-refractivity contribution in [2.75, 3.05) is 0 Å². The van der Waals surface area contributed by atoms with Gasteiger partial charge in [0.25, 0.3) is 0 Å². The van der Waals surface area contributed by atoms with E-state index in [9.17, 15) is 0 Å². The normalized spacial score (nSPS) is 19.3. The smallest absolute Gasteiger partial charge is 0.0554 e. The molecular formula is C7H17NO. The quantitative estimate of drug-likeness (QED) is 0.580. The molecule has 2 atom stereocenters. The third kappa shape index (κ3) is 2.82. The van der Waals surface area contributed by atoms with Crippen LogP contribution in [0.3, 0.4) is 0 Å². The second-order valence-corrected chi connectivity index (χ2v) is 3.35. The van der Waals surface area contributed by atoms with Crippen LogP contribution in [-0.2, 0) is 0 Å². The van der Waals surface area contributed by atoms with Gasteiger partial charge in [0.05, 0.1) is 6.10 Å². The number of hydrogen-bond acceptors (Lipinski definition) is 2. The van der Waals surface area contributed by atoms with Crippen molar-refractivity contribution in [1.29, 1.82) is 0 Å². The monoisotopic (exact) mass is 131 g/mol. The fraction of sp³-hybridized carbons (Fsp3) is 1.00. The average molecular weight is 131 g/mol. The summed E-state index contributed by atoms with van der Waals surface area (Å²) < 4.78 is 0. The standard InChI is InChI=1S/C7H17NO/c1-5(6(2)9)7(3,4)8/h5-6,9H,8H2,1-4H3. The van der Waals surface area contributed by atoms with Gasteiger partial charge in [0.2, 0.25) is 0 Å². The molecule has 0 aromatic carbocycles. The molecule has 0 radical (unpaired) electrons. The first-order valence-electron chi connectivity index (χ1n) is 3.32. The summed E-state index contributed by atoms with van der Waals surface area (Å²) in [5, 5.41) is 9.08. The molecule has 0 rings (SSSR count). The first-order chi connectivity index (χ1) is 3.85. The summed E-state index contributed by atoms with van der Waals surface area (Å²) in [6, 6.07) is 0. The lowest BCUT2D eigenvalue weighted by atomic mass is 9.86. The molecule has 0 aromatic rings. The summed E-state index contributed by atoms with van der Waals surface area (Å²) in [6.07, 6.45) is -0.315. The Labute approximate surface area is 57.1 Å². The first-order valence-corrected chi connectivity index (χ1v) is 3.32. The van der Waals surface area contributed by atoms with Crippen molar-refractivity contribution < 1.29 is 5.11 Å². The molecule has 0 aliphatic carbocycles. The van der Waals surface area contributed by atoms with Crippen molar-refractivity contribution >= 4 is 0 Å². The fourth-order valence-electron chi connectivity index (χ4n) is 0.622. The number of hydrogen-bond donors (Lipinski definition) is 2. The lowest BCUT2D eigenvalue weighted by molar-refractivity contribution is 0.0963. The van der Waals surface area contributed by atoms with Crippen LogP contribution in [-0.4, -0.2) is 16.7 Å². The van der Waals surface area contributed by atoms with E-state index in [0.717, 1.165) is 0 Å². The highest BCUT2D eigenvalue weighted by molar-refractivity contribution is 4.81. The maximum Gasteiger partial charge on any atom is 0.0554 e. The van der Waals surface area contributed by atoms with Gasteiger partial charge in [-0.2, -0.15) is 0 Å². The van der Waals surface area contributed by atoms with E-state index in [0.29, 0.717) is 0 Å². The maximum absolute atomic E-state index is 9.08. The summed E-state index contributed by atoms with van der Waals surface area (Å²) in [7, 11) is 0. The van der Waals surface area contributed by atoms with Gasteiger partial charge in [0.15, 0.2) is 0 Å². The molecule has 0 aromatic heterocycles. The Kier molecular flexibility index (Phi) is 2.65. The van der Waals surface area contributed by atoms with Crippen molar-refractivity contribution in [3.05, 3.63) is 0 Å². The summed E-state index contributed by atoms with van der Waals surface area (Å²) in [4.78, 5) is 0. The second kappa shape index (κ2) is 2.67. The van der Waals surface area contributed by atoms with Crippen LogP contribution in [0, 0.1) is 5.92 Å². The predicted molar refractivity (Wildman–Crippen MR) is 39.1 cm³/mol. The minimum Gasteiger partial charge on any atom is -0.393 e. The van der Waals surface area contributed by atoms with Gasteiger partial charge < -0.3 is 10.8 Å². The molecular weight excluding hydrogens is 114 g/mol. The first kappa shape index (κ1) is 8.92. The molecule has 9 heavy (non-hydrogen) atoms. The Morgan fingerprint density at radius 2 is 1.67 bits per heavy atom. The minimum absolute atomic E-state index is 0.150. The van der Waals surface area contributed by atoms with E-state index >= 15 is 0 Å². The summed E-state index contributed by atoms with van der Waals surface area (Å²) in [5.74, 6) is 0.150. The zero-order valence-corrected chi connectivity index (χ0v) is 6.68. The molecule has 0 saturated heterocycles. The van der Waals surface area contributed by atoms with Crippen LogP contribution >= 0.6 is 0 Å². The molecule has 0 aliphatic rings. The topological polar surface area (TPSA) is 46.2 Å². The molecule has 0 amide bonds. The molecule has 0 spiro atoms. The van der Waals surface area contributed by atoms with Gasteiger partial charge in [-0.25, -0.2) is 0 Å². The van der Waals surface area contributed by atoms with Gasteiger partial charge in [-0.15, -0.1) is 0 Å². The van der Waals surface area contributed by atoms with E-state index < -0.39 is 0 Å². The Hall–Kier alpha value is -0.0800. The van der Waals surface area contributed by atoms with E-state index in [1.54, 1.807) is 6.92 Å². The van der Waals surface area contributed by atoms with Gasteiger partial charge in [-0.05, 0) is 26.7 Å². The Morgan fingerprint density at radius 1 is 1.33 bits per heavy atom. The van der Waals surface area contributed by atoms with Gasteiger partial charge in [0.1, 0.15) is 0 Å². The van der Waals surface area contributed by atoms with Crippen molar-refractivity contribution in [2.24, 2.45) is 11.7 Å². The molecule has 0 saturated carbocycles. The second-order valence-electron chi connectivity index (χ2n) is 3.35. The lowest BCUT2D eigenvalue weighted by Crippen LogP contribution is -2.44. The number of nitrogens with two attached hydrogens (primary N) is 1. The van der Waals surface area contributed by atoms with Crippen molar-refractivity contribution in [1.82, 2.24) is 0 Å². The lowest BCUT2D eigenvalue weighted by Gasteiger charge is -2.29. The molecule has 3 N–H and O–H groups in total. The summed E-state index contributed by atoms with van der Waals surface area (Å²) in [5.41, 5.74) is 5.45. The molecule has 0 heterocycles. The maximum atomic E-state index is 9.08. The molecule has 0 fully saturated rings. The Bertz CT molecular complexity index is 83.4. The van der Waals surface area contributed by atoms with Gasteiger partial charge in [-0.3, -0.25) is 0 Å². The van der Waals surface area contributed by atoms with E-state index in [1.807, 2.05) is 20.8 Å². The van der Waals surface area contributed by atoms with Crippen LogP contribution in [0.25, 0.3) is 0 Å². The molecule has 2 heteroatoms. The third-order valence-electron chi connectivity index (χ3n) is 1.90. The van der Waals surface area contributed by atoms with E-state index in [-0.39, 0.29) is 17.6 Å². The minimum atomic E-state index is -0.315. The highest BCUT2D eigenvalue weighted by Crippen LogP contribution is 2.15. The van der Waals surface area contributed by atoms with Gasteiger partial charge >= 0.3 is 0 Å². The molecule has 56 valence electrons. The highest BCUT2D eigenvalue weighted by atomic mass is 16.3. The van der Waals surface area contributed by atoms with Gasteiger partial charge in [0, 0.05) is 5.54 Å². The predicted octanol–water partition coefficient (Wildman–Crippen LogP) is 0.741. The summed E-state index contributed by atoms with van der Waals surface area (Å²) in [6.45, 7) is 7.55. The van der Waals surface area contributed by atoms with Crippen LogP contribution in [0.1, 0.15) is 27.7 Å². The van der Waals surface area contributed by atoms with E-state index in [4.69, 9.17) is 10.8 Å². The molecule has 2 nitrogen and oxygen atoms in total. The molecule has 0 aliphatic heterocycles. The zero-order valence-electron chi connectivity index (χ0n) is 6.68.